The lowest BCUT2D eigenvalue weighted by molar-refractivity contribution is -0.116. The summed E-state index contributed by atoms with van der Waals surface area (Å²) in [4.78, 5) is 11.1. The molecule has 0 aliphatic carbocycles. The van der Waals surface area contributed by atoms with E-state index in [-0.39, 0.29) is 5.91 Å². The first-order valence-electron chi connectivity index (χ1n) is 4.50. The summed E-state index contributed by atoms with van der Waals surface area (Å²) in [5.74, 6) is 0.759. The number of rotatable bonds is 2. The summed E-state index contributed by atoms with van der Waals surface area (Å²) in [6.07, 6.45) is 2.73. The van der Waals surface area contributed by atoms with Crippen LogP contribution in [0.4, 0.5) is 5.69 Å². The topological polar surface area (TPSA) is 38.3 Å². The van der Waals surface area contributed by atoms with Gasteiger partial charge in [-0.3, -0.25) is 4.79 Å². The van der Waals surface area contributed by atoms with Gasteiger partial charge in [0.25, 0.3) is 0 Å². The highest BCUT2D eigenvalue weighted by molar-refractivity contribution is 5.94. The molecule has 1 aromatic carbocycles. The molecule has 72 valence electrons. The van der Waals surface area contributed by atoms with E-state index >= 15 is 0 Å². The fraction of sp³-hybridized carbons (Fsp3) is 0.182. The number of hydrogen-bond acceptors (Lipinski definition) is 2. The molecule has 0 unspecified atom stereocenters. The molecule has 1 amide bonds. The van der Waals surface area contributed by atoms with E-state index in [9.17, 15) is 4.79 Å². The van der Waals surface area contributed by atoms with Gasteiger partial charge in [-0.05, 0) is 18.1 Å². The minimum Gasteiger partial charge on any atom is -0.466 e. The first-order valence-corrected chi connectivity index (χ1v) is 4.50. The summed E-state index contributed by atoms with van der Waals surface area (Å²) in [6.45, 7) is 3.47. The molecule has 1 aliphatic rings. The lowest BCUT2D eigenvalue weighted by atomic mass is 10.0. The third kappa shape index (κ3) is 1.62. The zero-order valence-corrected chi connectivity index (χ0v) is 7.75. The molecule has 0 saturated heterocycles. The van der Waals surface area contributed by atoms with Gasteiger partial charge < -0.3 is 10.1 Å². The third-order valence-corrected chi connectivity index (χ3v) is 2.20. The number of benzene rings is 1. The van der Waals surface area contributed by atoms with Crippen LogP contribution in [0.3, 0.4) is 0 Å². The summed E-state index contributed by atoms with van der Waals surface area (Å²) in [6, 6.07) is 5.65. The van der Waals surface area contributed by atoms with Crippen LogP contribution in [0.1, 0.15) is 12.0 Å². The molecule has 0 aromatic heterocycles. The molecule has 3 nitrogen and oxygen atoms in total. The van der Waals surface area contributed by atoms with E-state index in [1.165, 1.54) is 6.26 Å². The zero-order chi connectivity index (χ0) is 9.97. The number of amides is 1. The molecule has 0 radical (unpaired) electrons. The van der Waals surface area contributed by atoms with Gasteiger partial charge in [-0.2, -0.15) is 0 Å². The summed E-state index contributed by atoms with van der Waals surface area (Å²) in [7, 11) is 0. The molecule has 0 saturated carbocycles. The summed E-state index contributed by atoms with van der Waals surface area (Å²) >= 11 is 0. The Bertz CT molecular complexity index is 385. The second-order valence-corrected chi connectivity index (χ2v) is 3.15. The molecule has 1 heterocycles. The van der Waals surface area contributed by atoms with Gasteiger partial charge in [-0.25, -0.2) is 0 Å². The van der Waals surface area contributed by atoms with Crippen molar-refractivity contribution in [2.24, 2.45) is 0 Å². The molecular weight excluding hydrogens is 178 g/mol. The Morgan fingerprint density at radius 3 is 3.07 bits per heavy atom. The standard InChI is InChI=1S/C11H11NO2/c1-2-14-9-5-3-8-4-6-11(13)12-10(8)7-9/h2-3,5,7H,1,4,6H2,(H,12,13). The first kappa shape index (κ1) is 8.81. The van der Waals surface area contributed by atoms with Crippen molar-refractivity contribution in [2.75, 3.05) is 5.32 Å². The minimum absolute atomic E-state index is 0.0632. The van der Waals surface area contributed by atoms with E-state index in [2.05, 4.69) is 11.9 Å². The Morgan fingerprint density at radius 2 is 2.29 bits per heavy atom. The Hall–Kier alpha value is -1.77. The van der Waals surface area contributed by atoms with Gasteiger partial charge >= 0.3 is 0 Å². The summed E-state index contributed by atoms with van der Waals surface area (Å²) < 4.78 is 5.12. The molecule has 1 N–H and O–H groups in total. The Kier molecular flexibility index (Phi) is 2.23. The largest absolute Gasteiger partial charge is 0.466 e. The van der Waals surface area contributed by atoms with Crippen molar-refractivity contribution in [1.29, 1.82) is 0 Å². The van der Waals surface area contributed by atoms with Crippen LogP contribution in [0.5, 0.6) is 5.75 Å². The van der Waals surface area contributed by atoms with Crippen molar-refractivity contribution < 1.29 is 9.53 Å². The highest BCUT2D eigenvalue weighted by Crippen LogP contribution is 2.26. The van der Waals surface area contributed by atoms with Crippen LogP contribution in [-0.4, -0.2) is 5.91 Å². The van der Waals surface area contributed by atoms with Gasteiger partial charge in [0.15, 0.2) is 0 Å². The van der Waals surface area contributed by atoms with Crippen molar-refractivity contribution in [2.45, 2.75) is 12.8 Å². The molecule has 0 fully saturated rings. The number of carbonyl (C=O) groups excluding carboxylic acids is 1. The maximum atomic E-state index is 11.1. The van der Waals surface area contributed by atoms with Crippen LogP contribution in [0.25, 0.3) is 0 Å². The van der Waals surface area contributed by atoms with E-state index in [1.807, 2.05) is 18.2 Å². The van der Waals surface area contributed by atoms with Crippen molar-refractivity contribution in [3.63, 3.8) is 0 Å². The highest BCUT2D eigenvalue weighted by atomic mass is 16.5. The number of carbonyl (C=O) groups is 1. The van der Waals surface area contributed by atoms with Crippen molar-refractivity contribution >= 4 is 11.6 Å². The van der Waals surface area contributed by atoms with Crippen molar-refractivity contribution in [3.8, 4) is 5.75 Å². The maximum absolute atomic E-state index is 11.1. The van der Waals surface area contributed by atoms with Crippen molar-refractivity contribution in [3.05, 3.63) is 36.6 Å². The summed E-state index contributed by atoms with van der Waals surface area (Å²) in [5.41, 5.74) is 2.00. The van der Waals surface area contributed by atoms with E-state index in [4.69, 9.17) is 4.74 Å². The van der Waals surface area contributed by atoms with E-state index in [0.29, 0.717) is 12.2 Å². The predicted octanol–water partition coefficient (Wildman–Crippen LogP) is 2.09. The van der Waals surface area contributed by atoms with E-state index in [0.717, 1.165) is 17.7 Å². The monoisotopic (exact) mass is 189 g/mol. The zero-order valence-electron chi connectivity index (χ0n) is 7.75. The summed E-state index contributed by atoms with van der Waals surface area (Å²) in [5, 5.41) is 2.81. The molecular formula is C11H11NO2. The quantitative estimate of drug-likeness (QED) is 0.723. The van der Waals surface area contributed by atoms with E-state index < -0.39 is 0 Å². The fourth-order valence-electron chi connectivity index (χ4n) is 1.52. The average molecular weight is 189 g/mol. The Morgan fingerprint density at radius 1 is 1.43 bits per heavy atom. The maximum Gasteiger partial charge on any atom is 0.224 e. The number of aryl methyl sites for hydroxylation is 1. The fourth-order valence-corrected chi connectivity index (χ4v) is 1.52. The van der Waals surface area contributed by atoms with Crippen LogP contribution in [-0.2, 0) is 11.2 Å². The lowest BCUT2D eigenvalue weighted by Gasteiger charge is -2.16. The highest BCUT2D eigenvalue weighted by Gasteiger charge is 2.14. The van der Waals surface area contributed by atoms with Crippen LogP contribution < -0.4 is 10.1 Å². The van der Waals surface area contributed by atoms with Gasteiger partial charge in [0, 0.05) is 18.2 Å². The normalized spacial score (nSPS) is 14.1. The second-order valence-electron chi connectivity index (χ2n) is 3.15. The smallest absolute Gasteiger partial charge is 0.224 e. The Balaban J connectivity index is 2.32. The van der Waals surface area contributed by atoms with E-state index in [1.54, 1.807) is 0 Å². The number of hydrogen-bond donors (Lipinski definition) is 1. The lowest BCUT2D eigenvalue weighted by Crippen LogP contribution is -2.18. The molecule has 0 spiro atoms. The van der Waals surface area contributed by atoms with Crippen molar-refractivity contribution in [1.82, 2.24) is 0 Å². The number of fused-ring (bicyclic) bond motifs is 1. The van der Waals surface area contributed by atoms with Gasteiger partial charge in [0.05, 0.1) is 6.26 Å². The third-order valence-electron chi connectivity index (χ3n) is 2.20. The average Bonchev–Trinajstić information content (AvgIpc) is 2.17. The van der Waals surface area contributed by atoms with Crippen LogP contribution in [0.2, 0.25) is 0 Å². The SMILES string of the molecule is C=COc1ccc2c(c1)NC(=O)CC2. The van der Waals surface area contributed by atoms with Crippen LogP contribution in [0.15, 0.2) is 31.0 Å². The van der Waals surface area contributed by atoms with Crippen LogP contribution >= 0.6 is 0 Å². The molecule has 1 aliphatic heterocycles. The molecule has 0 bridgehead atoms. The molecule has 2 rings (SSSR count). The predicted molar refractivity (Wildman–Crippen MR) is 54.2 cm³/mol. The molecule has 1 aromatic rings. The number of anilines is 1. The van der Waals surface area contributed by atoms with Gasteiger partial charge in [0.1, 0.15) is 5.75 Å². The number of ether oxygens (including phenoxy) is 1. The first-order chi connectivity index (χ1) is 6.79. The second kappa shape index (κ2) is 3.54. The molecule has 14 heavy (non-hydrogen) atoms. The van der Waals surface area contributed by atoms with Crippen LogP contribution in [0, 0.1) is 0 Å². The van der Waals surface area contributed by atoms with Gasteiger partial charge in [-0.15, -0.1) is 0 Å². The minimum atomic E-state index is 0.0632. The van der Waals surface area contributed by atoms with Gasteiger partial charge in [-0.1, -0.05) is 12.6 Å². The Labute approximate surface area is 82.4 Å². The molecule has 0 atom stereocenters. The van der Waals surface area contributed by atoms with Gasteiger partial charge in [0.2, 0.25) is 5.91 Å². The molecule has 3 heteroatoms. The number of nitrogens with one attached hydrogen (secondary N) is 1.